The third kappa shape index (κ3) is 2.60. The maximum absolute atomic E-state index is 12.8. The largest absolute Gasteiger partial charge is 0.481 e. The van der Waals surface area contributed by atoms with E-state index in [2.05, 4.69) is 6.58 Å². The number of carboxylic acid groups (broad SMARTS) is 1. The smallest absolute Gasteiger partial charge is 0.312 e. The molecule has 4 heteroatoms. The first kappa shape index (κ1) is 11.1. The summed E-state index contributed by atoms with van der Waals surface area (Å²) in [6, 6.07) is 0. The molecule has 0 aliphatic carbocycles. The second-order valence-corrected chi connectivity index (χ2v) is 2.53. The molecule has 0 aliphatic heterocycles. The van der Waals surface area contributed by atoms with Gasteiger partial charge in [-0.1, -0.05) is 13.0 Å². The first-order valence-electron chi connectivity index (χ1n) is 3.67. The number of alkyl halides is 2. The Morgan fingerprint density at radius 2 is 2.25 bits per heavy atom. The number of rotatable bonds is 5. The van der Waals surface area contributed by atoms with Crippen LogP contribution in [0.15, 0.2) is 12.7 Å². The summed E-state index contributed by atoms with van der Waals surface area (Å²) in [7, 11) is 0. The highest BCUT2D eigenvalue weighted by atomic mass is 19.3. The number of aliphatic carboxylic acids is 1. The van der Waals surface area contributed by atoms with Crippen molar-refractivity contribution in [2.45, 2.75) is 25.7 Å². The molecule has 0 aliphatic rings. The minimum absolute atomic E-state index is 0.198. The molecule has 1 unspecified atom stereocenters. The molecule has 0 saturated carbocycles. The molecule has 12 heavy (non-hydrogen) atoms. The molecule has 0 aromatic carbocycles. The third-order valence-electron chi connectivity index (χ3n) is 1.68. The summed E-state index contributed by atoms with van der Waals surface area (Å²) in [5, 5.41) is 8.44. The molecule has 0 aromatic heterocycles. The third-order valence-corrected chi connectivity index (χ3v) is 1.68. The van der Waals surface area contributed by atoms with Gasteiger partial charge in [0.1, 0.15) is 5.92 Å². The van der Waals surface area contributed by atoms with Crippen molar-refractivity contribution in [1.29, 1.82) is 0 Å². The Hall–Kier alpha value is -0.930. The Morgan fingerprint density at radius 3 is 2.50 bits per heavy atom. The van der Waals surface area contributed by atoms with Gasteiger partial charge in [0.05, 0.1) is 0 Å². The predicted molar refractivity (Wildman–Crippen MR) is 41.2 cm³/mol. The molecule has 0 heterocycles. The Kier molecular flexibility index (Phi) is 3.86. The van der Waals surface area contributed by atoms with Gasteiger partial charge in [0.25, 0.3) is 5.92 Å². The molecule has 70 valence electrons. The van der Waals surface area contributed by atoms with Crippen LogP contribution in [0, 0.1) is 5.92 Å². The number of halogens is 2. The fourth-order valence-corrected chi connectivity index (χ4v) is 0.867. The minimum Gasteiger partial charge on any atom is -0.481 e. The second-order valence-electron chi connectivity index (χ2n) is 2.53. The average Bonchev–Trinajstić information content (AvgIpc) is 1.99. The Balaban J connectivity index is 4.48. The summed E-state index contributed by atoms with van der Waals surface area (Å²) in [4.78, 5) is 10.4. The van der Waals surface area contributed by atoms with Gasteiger partial charge in [-0.05, 0) is 6.42 Å². The Labute approximate surface area is 69.9 Å². The molecule has 0 saturated heterocycles. The lowest BCUT2D eigenvalue weighted by atomic mass is 9.96. The zero-order chi connectivity index (χ0) is 9.78. The van der Waals surface area contributed by atoms with Gasteiger partial charge in [-0.3, -0.25) is 4.79 Å². The standard InChI is InChI=1S/C8H12F2O2/c1-3-5-6(7(11)12)8(9,10)4-2/h3,6H,1,4-5H2,2H3,(H,11,12). The maximum atomic E-state index is 12.8. The lowest BCUT2D eigenvalue weighted by Crippen LogP contribution is -2.33. The molecule has 1 atom stereocenters. The van der Waals surface area contributed by atoms with Gasteiger partial charge >= 0.3 is 5.97 Å². The van der Waals surface area contributed by atoms with Crippen molar-refractivity contribution < 1.29 is 18.7 Å². The molecular formula is C8H12F2O2. The van der Waals surface area contributed by atoms with E-state index in [-0.39, 0.29) is 6.42 Å². The van der Waals surface area contributed by atoms with Crippen LogP contribution in [0.1, 0.15) is 19.8 Å². The quantitative estimate of drug-likeness (QED) is 0.656. The van der Waals surface area contributed by atoms with Crippen LogP contribution < -0.4 is 0 Å². The van der Waals surface area contributed by atoms with Gasteiger partial charge in [0.2, 0.25) is 0 Å². The van der Waals surface area contributed by atoms with Gasteiger partial charge in [-0.25, -0.2) is 8.78 Å². The van der Waals surface area contributed by atoms with Crippen molar-refractivity contribution in [2.24, 2.45) is 5.92 Å². The van der Waals surface area contributed by atoms with E-state index in [4.69, 9.17) is 5.11 Å². The van der Waals surface area contributed by atoms with E-state index in [1.54, 1.807) is 0 Å². The molecular weight excluding hydrogens is 166 g/mol. The van der Waals surface area contributed by atoms with Crippen LogP contribution in [-0.2, 0) is 4.79 Å². The van der Waals surface area contributed by atoms with Crippen LogP contribution in [0.4, 0.5) is 8.78 Å². The molecule has 2 nitrogen and oxygen atoms in total. The van der Waals surface area contributed by atoms with E-state index in [0.717, 1.165) is 0 Å². The molecule has 0 spiro atoms. The van der Waals surface area contributed by atoms with Crippen LogP contribution in [-0.4, -0.2) is 17.0 Å². The van der Waals surface area contributed by atoms with Crippen molar-refractivity contribution in [2.75, 3.05) is 0 Å². The van der Waals surface area contributed by atoms with Crippen LogP contribution in [0.25, 0.3) is 0 Å². The fourth-order valence-electron chi connectivity index (χ4n) is 0.867. The molecule has 0 aromatic rings. The summed E-state index contributed by atoms with van der Waals surface area (Å²) in [5.74, 6) is -6.25. The highest BCUT2D eigenvalue weighted by Crippen LogP contribution is 2.30. The number of carbonyl (C=O) groups is 1. The first-order chi connectivity index (χ1) is 5.45. The van der Waals surface area contributed by atoms with Crippen molar-refractivity contribution in [3.05, 3.63) is 12.7 Å². The number of hydrogen-bond acceptors (Lipinski definition) is 1. The highest BCUT2D eigenvalue weighted by molar-refractivity contribution is 5.71. The van der Waals surface area contributed by atoms with Crippen LogP contribution in [0.2, 0.25) is 0 Å². The molecule has 0 amide bonds. The molecule has 1 N–H and O–H groups in total. The maximum Gasteiger partial charge on any atom is 0.312 e. The van der Waals surface area contributed by atoms with Gasteiger partial charge in [0.15, 0.2) is 0 Å². The highest BCUT2D eigenvalue weighted by Gasteiger charge is 2.41. The van der Waals surface area contributed by atoms with E-state index in [1.165, 1.54) is 13.0 Å². The zero-order valence-electron chi connectivity index (χ0n) is 6.89. The lowest BCUT2D eigenvalue weighted by molar-refractivity contribution is -0.157. The number of hydrogen-bond donors (Lipinski definition) is 1. The van der Waals surface area contributed by atoms with Crippen molar-refractivity contribution >= 4 is 5.97 Å². The van der Waals surface area contributed by atoms with Crippen molar-refractivity contribution in [1.82, 2.24) is 0 Å². The van der Waals surface area contributed by atoms with Crippen molar-refractivity contribution in [3.8, 4) is 0 Å². The summed E-state index contributed by atoms with van der Waals surface area (Å²) < 4.78 is 25.7. The van der Waals surface area contributed by atoms with Crippen LogP contribution in [0.3, 0.4) is 0 Å². The second kappa shape index (κ2) is 4.18. The van der Waals surface area contributed by atoms with Crippen LogP contribution >= 0.6 is 0 Å². The average molecular weight is 178 g/mol. The number of carboxylic acids is 1. The SMILES string of the molecule is C=CCC(C(=O)O)C(F)(F)CC. The van der Waals surface area contributed by atoms with Gasteiger partial charge in [0, 0.05) is 6.42 Å². The Morgan fingerprint density at radius 1 is 1.75 bits per heavy atom. The lowest BCUT2D eigenvalue weighted by Gasteiger charge is -2.20. The van der Waals surface area contributed by atoms with Crippen molar-refractivity contribution in [3.63, 3.8) is 0 Å². The zero-order valence-corrected chi connectivity index (χ0v) is 6.89. The van der Waals surface area contributed by atoms with E-state index < -0.39 is 24.2 Å². The monoisotopic (exact) mass is 178 g/mol. The molecule has 0 rings (SSSR count). The van der Waals surface area contributed by atoms with Gasteiger partial charge < -0.3 is 5.11 Å². The molecule has 0 bridgehead atoms. The van der Waals surface area contributed by atoms with E-state index in [0.29, 0.717) is 0 Å². The van der Waals surface area contributed by atoms with Crippen LogP contribution in [0.5, 0.6) is 0 Å². The summed E-state index contributed by atoms with van der Waals surface area (Å²) >= 11 is 0. The number of allylic oxidation sites excluding steroid dienone is 1. The topological polar surface area (TPSA) is 37.3 Å². The van der Waals surface area contributed by atoms with Gasteiger partial charge in [-0.15, -0.1) is 6.58 Å². The fraction of sp³-hybridized carbons (Fsp3) is 0.625. The summed E-state index contributed by atoms with van der Waals surface area (Å²) in [5.41, 5.74) is 0. The normalized spacial score (nSPS) is 13.9. The summed E-state index contributed by atoms with van der Waals surface area (Å²) in [6.45, 7) is 4.50. The minimum atomic E-state index is -3.14. The van der Waals surface area contributed by atoms with Gasteiger partial charge in [-0.2, -0.15) is 0 Å². The van der Waals surface area contributed by atoms with E-state index >= 15 is 0 Å². The molecule has 0 fully saturated rings. The summed E-state index contributed by atoms with van der Waals surface area (Å²) in [6.07, 6.45) is 0.538. The van der Waals surface area contributed by atoms with E-state index in [9.17, 15) is 13.6 Å². The Bertz CT molecular complexity index is 178. The first-order valence-corrected chi connectivity index (χ1v) is 3.67. The van der Waals surface area contributed by atoms with E-state index in [1.807, 2.05) is 0 Å². The predicted octanol–water partition coefficient (Wildman–Crippen LogP) is 2.31. The molecule has 0 radical (unpaired) electrons.